The molecule has 1 fully saturated rings. The largest absolute Gasteiger partial charge is 0.496 e. The number of ether oxygens (including phenoxy) is 1. The van der Waals surface area contributed by atoms with Gasteiger partial charge in [-0.3, -0.25) is 4.79 Å². The van der Waals surface area contributed by atoms with Crippen LogP contribution in [0.25, 0.3) is 0 Å². The number of β-amino-alcohol motifs (C(OH)–C–C–N with tert-alkyl or cyclic N) is 1. The number of aromatic nitrogens is 2. The van der Waals surface area contributed by atoms with Gasteiger partial charge in [0.1, 0.15) is 17.9 Å². The first-order valence-corrected chi connectivity index (χ1v) is 8.68. The fourth-order valence-electron chi connectivity index (χ4n) is 3.24. The van der Waals surface area contributed by atoms with Crippen LogP contribution in [0.4, 0.5) is 5.82 Å². The number of hydrogen-bond acceptors (Lipinski definition) is 6. The number of piperidine rings is 1. The Morgan fingerprint density at radius 3 is 2.96 bits per heavy atom. The maximum atomic E-state index is 12.5. The highest BCUT2D eigenvalue weighted by molar-refractivity contribution is 5.96. The Labute approximate surface area is 153 Å². The van der Waals surface area contributed by atoms with Gasteiger partial charge in [0.25, 0.3) is 5.91 Å². The molecule has 1 aliphatic heterocycles. The Kier molecular flexibility index (Phi) is 5.37. The van der Waals surface area contributed by atoms with Gasteiger partial charge in [-0.1, -0.05) is 12.1 Å². The second-order valence-corrected chi connectivity index (χ2v) is 6.65. The SMILES string of the molecule is COc1ccccc1C(=O)NC[C@@]1(O)CCCN(c2cc(C)ncn2)C1. The monoisotopic (exact) mass is 356 g/mol. The molecule has 26 heavy (non-hydrogen) atoms. The number of aryl methyl sites for hydroxylation is 1. The average molecular weight is 356 g/mol. The topological polar surface area (TPSA) is 87.6 Å². The molecule has 7 heteroatoms. The molecule has 138 valence electrons. The van der Waals surface area contributed by atoms with Gasteiger partial charge in [-0.2, -0.15) is 0 Å². The maximum absolute atomic E-state index is 12.5. The molecule has 0 aliphatic carbocycles. The van der Waals surface area contributed by atoms with Gasteiger partial charge in [0.05, 0.1) is 18.3 Å². The van der Waals surface area contributed by atoms with Crippen LogP contribution < -0.4 is 15.0 Å². The number of aliphatic hydroxyl groups is 1. The Balaban J connectivity index is 1.66. The minimum Gasteiger partial charge on any atom is -0.496 e. The Morgan fingerprint density at radius 2 is 2.19 bits per heavy atom. The first kappa shape index (κ1) is 18.1. The zero-order valence-electron chi connectivity index (χ0n) is 15.1. The zero-order valence-corrected chi connectivity index (χ0v) is 15.1. The van der Waals surface area contributed by atoms with Crippen LogP contribution in [-0.4, -0.2) is 53.3 Å². The van der Waals surface area contributed by atoms with E-state index in [2.05, 4.69) is 15.3 Å². The van der Waals surface area contributed by atoms with Gasteiger partial charge in [-0.05, 0) is 31.9 Å². The summed E-state index contributed by atoms with van der Waals surface area (Å²) < 4.78 is 5.22. The highest BCUT2D eigenvalue weighted by Gasteiger charge is 2.34. The van der Waals surface area contributed by atoms with Crippen molar-refractivity contribution < 1.29 is 14.6 Å². The number of para-hydroxylation sites is 1. The molecule has 1 aromatic heterocycles. The van der Waals surface area contributed by atoms with Gasteiger partial charge in [0.15, 0.2) is 0 Å². The van der Waals surface area contributed by atoms with Crippen molar-refractivity contribution in [1.82, 2.24) is 15.3 Å². The third-order valence-electron chi connectivity index (χ3n) is 4.60. The molecule has 0 radical (unpaired) electrons. The highest BCUT2D eigenvalue weighted by atomic mass is 16.5. The molecule has 1 aromatic carbocycles. The summed E-state index contributed by atoms with van der Waals surface area (Å²) in [4.78, 5) is 22.9. The summed E-state index contributed by atoms with van der Waals surface area (Å²) in [6.45, 7) is 3.31. The number of nitrogens with one attached hydrogen (secondary N) is 1. The first-order chi connectivity index (χ1) is 12.5. The van der Waals surface area contributed by atoms with Crippen molar-refractivity contribution in [2.24, 2.45) is 0 Å². The van der Waals surface area contributed by atoms with E-state index in [1.165, 1.54) is 13.4 Å². The van der Waals surface area contributed by atoms with Gasteiger partial charge in [0, 0.05) is 31.4 Å². The van der Waals surface area contributed by atoms with E-state index in [-0.39, 0.29) is 12.5 Å². The molecule has 0 saturated carbocycles. The Bertz CT molecular complexity index is 783. The van der Waals surface area contributed by atoms with Crippen LogP contribution in [0.3, 0.4) is 0 Å². The number of amides is 1. The molecule has 1 aliphatic rings. The molecule has 2 N–H and O–H groups in total. The number of nitrogens with zero attached hydrogens (tertiary/aromatic N) is 3. The smallest absolute Gasteiger partial charge is 0.255 e. The van der Waals surface area contributed by atoms with Crippen molar-refractivity contribution in [3.8, 4) is 5.75 Å². The van der Waals surface area contributed by atoms with E-state index in [0.29, 0.717) is 24.3 Å². The number of rotatable bonds is 5. The molecule has 1 saturated heterocycles. The lowest BCUT2D eigenvalue weighted by Gasteiger charge is -2.39. The Hall–Kier alpha value is -2.67. The second-order valence-electron chi connectivity index (χ2n) is 6.65. The first-order valence-electron chi connectivity index (χ1n) is 8.68. The summed E-state index contributed by atoms with van der Waals surface area (Å²) in [6, 6.07) is 8.94. The number of anilines is 1. The number of carbonyl (C=O) groups excluding carboxylic acids is 1. The van der Waals surface area contributed by atoms with Crippen LogP contribution in [0, 0.1) is 6.92 Å². The van der Waals surface area contributed by atoms with E-state index in [4.69, 9.17) is 4.74 Å². The van der Waals surface area contributed by atoms with Crippen molar-refractivity contribution in [1.29, 1.82) is 0 Å². The predicted molar refractivity (Wildman–Crippen MR) is 98.5 cm³/mol. The number of methoxy groups -OCH3 is 1. The van der Waals surface area contributed by atoms with Crippen molar-refractivity contribution >= 4 is 11.7 Å². The van der Waals surface area contributed by atoms with Gasteiger partial charge >= 0.3 is 0 Å². The van der Waals surface area contributed by atoms with Crippen LogP contribution >= 0.6 is 0 Å². The van der Waals surface area contributed by atoms with E-state index in [9.17, 15) is 9.90 Å². The fraction of sp³-hybridized carbons (Fsp3) is 0.421. The predicted octanol–water partition coefficient (Wildman–Crippen LogP) is 1.55. The highest BCUT2D eigenvalue weighted by Crippen LogP contribution is 2.25. The van der Waals surface area contributed by atoms with Crippen molar-refractivity contribution in [2.75, 3.05) is 31.6 Å². The van der Waals surface area contributed by atoms with E-state index in [1.807, 2.05) is 24.0 Å². The molecule has 3 rings (SSSR count). The molecule has 1 atom stereocenters. The van der Waals surface area contributed by atoms with Crippen molar-refractivity contribution in [2.45, 2.75) is 25.4 Å². The lowest BCUT2D eigenvalue weighted by molar-refractivity contribution is 0.0254. The number of hydrogen-bond donors (Lipinski definition) is 2. The summed E-state index contributed by atoms with van der Waals surface area (Å²) in [5, 5.41) is 13.8. The fourth-order valence-corrected chi connectivity index (χ4v) is 3.24. The second kappa shape index (κ2) is 7.70. The summed E-state index contributed by atoms with van der Waals surface area (Å²) in [7, 11) is 1.53. The van der Waals surface area contributed by atoms with Crippen LogP contribution in [-0.2, 0) is 0 Å². The Morgan fingerprint density at radius 1 is 1.38 bits per heavy atom. The number of benzene rings is 1. The van der Waals surface area contributed by atoms with E-state index < -0.39 is 5.60 Å². The minimum absolute atomic E-state index is 0.171. The lowest BCUT2D eigenvalue weighted by atomic mass is 9.92. The van der Waals surface area contributed by atoms with Gasteiger partial charge in [-0.25, -0.2) is 9.97 Å². The third kappa shape index (κ3) is 4.11. The lowest BCUT2D eigenvalue weighted by Crippen LogP contribution is -2.54. The van der Waals surface area contributed by atoms with Crippen molar-refractivity contribution in [3.63, 3.8) is 0 Å². The molecule has 7 nitrogen and oxygen atoms in total. The molecule has 1 amide bonds. The standard InChI is InChI=1S/C19H24N4O3/c1-14-10-17(22-13-21-14)23-9-5-8-19(25,12-23)11-20-18(24)15-6-3-4-7-16(15)26-2/h3-4,6-7,10,13,25H,5,8-9,11-12H2,1-2H3,(H,20,24)/t19-/m0/s1. The summed E-state index contributed by atoms with van der Waals surface area (Å²) >= 11 is 0. The maximum Gasteiger partial charge on any atom is 0.255 e. The van der Waals surface area contributed by atoms with E-state index in [0.717, 1.165) is 24.5 Å². The zero-order chi connectivity index (χ0) is 18.6. The molecular weight excluding hydrogens is 332 g/mol. The summed E-state index contributed by atoms with van der Waals surface area (Å²) in [6.07, 6.45) is 2.98. The molecule has 2 heterocycles. The normalized spacial score (nSPS) is 19.9. The van der Waals surface area contributed by atoms with Gasteiger partial charge in [-0.15, -0.1) is 0 Å². The average Bonchev–Trinajstić information content (AvgIpc) is 2.66. The van der Waals surface area contributed by atoms with E-state index >= 15 is 0 Å². The van der Waals surface area contributed by atoms with Crippen LogP contribution in [0.15, 0.2) is 36.7 Å². The van der Waals surface area contributed by atoms with Crippen molar-refractivity contribution in [3.05, 3.63) is 47.9 Å². The molecule has 0 bridgehead atoms. The van der Waals surface area contributed by atoms with Crippen LogP contribution in [0.5, 0.6) is 5.75 Å². The van der Waals surface area contributed by atoms with Crippen LogP contribution in [0.2, 0.25) is 0 Å². The molecule has 0 unspecified atom stereocenters. The summed E-state index contributed by atoms with van der Waals surface area (Å²) in [5.74, 6) is 1.05. The molecule has 2 aromatic rings. The van der Waals surface area contributed by atoms with Gasteiger partial charge in [0.2, 0.25) is 0 Å². The van der Waals surface area contributed by atoms with Crippen LogP contribution in [0.1, 0.15) is 28.9 Å². The quantitative estimate of drug-likeness (QED) is 0.845. The number of carbonyl (C=O) groups is 1. The van der Waals surface area contributed by atoms with Gasteiger partial charge < -0.3 is 20.1 Å². The summed E-state index contributed by atoms with van der Waals surface area (Å²) in [5.41, 5.74) is 0.334. The van der Waals surface area contributed by atoms with E-state index in [1.54, 1.807) is 18.2 Å². The third-order valence-corrected chi connectivity index (χ3v) is 4.60. The minimum atomic E-state index is -1.01. The molecular formula is C19H24N4O3. The molecule has 0 spiro atoms.